The van der Waals surface area contributed by atoms with Gasteiger partial charge in [-0.25, -0.2) is 9.97 Å². The Morgan fingerprint density at radius 3 is 2.36 bits per heavy atom. The minimum Gasteiger partial charge on any atom is -0.481 e. The molecule has 22 atom stereocenters. The Bertz CT molecular complexity index is 2490. The van der Waals surface area contributed by atoms with E-state index in [2.05, 4.69) is 64.3 Å². The van der Waals surface area contributed by atoms with E-state index in [1.54, 1.807) is 18.9 Å². The number of ether oxygens (including phenoxy) is 2. The number of amides is 1. The topological polar surface area (TPSA) is 322 Å². The van der Waals surface area contributed by atoms with Gasteiger partial charge >= 0.3 is 5.97 Å². The maximum atomic E-state index is 15.0. The highest BCUT2D eigenvalue weighted by molar-refractivity contribution is 5.86. The Morgan fingerprint density at radius 2 is 1.68 bits per heavy atom. The average molecular weight is 1050 g/mol. The number of aliphatic carboxylic acids is 1. The number of aromatic nitrogens is 4. The predicted octanol–water partition coefficient (Wildman–Crippen LogP) is 3.31. The van der Waals surface area contributed by atoms with Crippen LogP contribution in [-0.4, -0.2) is 148 Å². The number of imidazole rings is 2. The van der Waals surface area contributed by atoms with Crippen molar-refractivity contribution >= 4 is 17.7 Å². The van der Waals surface area contributed by atoms with E-state index in [4.69, 9.17) is 15.2 Å². The molecule has 19 nitrogen and oxygen atoms in total. The standard InChI is InChI=1S/C56H85N7O12/c1-50(24-64)16-17-56(49(72)73)33(20-50)29-9-10-39-52(3,54(29,5)30-19-35-46(62-27-61-35)59-21-34(30)56)15-12-38-51(2,25-65)45(75-47-44(70)43(69)37(66)23-74-47)42(68)32(53(38,39)4)18-31-41(63-48(71)55(31)13-6-7-14-55)28(8-11-40(57)67)36-22-58-26-60-36/h9,22,26-28,30-34,37-45,47,59,64-70H,6-8,10-21,23-25,57H2,1-5H3,(H,58,60)(H,61,62)(H,63,71)(H,72,73)/t28-,30+,31-,32-,33+,34+,37-,38-,39+,40+,41-,42-,43+,44-,45-,47+,50+,51+,52-,53+,54+,56-/m1/s1. The van der Waals surface area contributed by atoms with Gasteiger partial charge in [-0.3, -0.25) is 9.59 Å². The van der Waals surface area contributed by atoms with Crippen molar-refractivity contribution in [1.82, 2.24) is 25.3 Å². The van der Waals surface area contributed by atoms with Crippen LogP contribution in [-0.2, 0) is 25.5 Å². The second kappa shape index (κ2) is 18.8. The highest BCUT2D eigenvalue weighted by Crippen LogP contribution is 2.79. The lowest BCUT2D eigenvalue weighted by atomic mass is 9.29. The first-order valence-corrected chi connectivity index (χ1v) is 28.2. The number of carboxylic acids is 1. The van der Waals surface area contributed by atoms with Crippen LogP contribution >= 0.6 is 0 Å². The fourth-order valence-electron chi connectivity index (χ4n) is 19.7. The molecule has 19 heteroatoms. The zero-order valence-corrected chi connectivity index (χ0v) is 44.5. The molecule has 2 saturated heterocycles. The molecule has 14 N–H and O–H groups in total. The van der Waals surface area contributed by atoms with Crippen molar-refractivity contribution in [3.05, 3.63) is 41.9 Å². The first kappa shape index (κ1) is 53.5. The SMILES string of the molecule is C[C@]1(CO)CC[C@@]2(C(=O)O)[C@@H](C1)C1=CC[C@@H]3[C@@]4(C)[C@H](C[C@@H]5[C@@H]([C@H](CC[C@@H](N)O)c6cnc[nH]6)NC(=O)C56CCCC6)[C@@H](O)[C@@H](O[C@@H]5OC[C@@H](O)[C@H](O)[C@H]5O)[C@@](C)(CO)[C@H]4CC[C@@]3(C)[C@]1(C)[C@H]1Cc3[nH]cnc3NC[C@@H]12. The summed E-state index contributed by atoms with van der Waals surface area (Å²) in [5.74, 6) is -2.69. The van der Waals surface area contributed by atoms with Gasteiger partial charge in [0.15, 0.2) is 6.29 Å². The number of carbonyl (C=O) groups is 2. The molecule has 2 aromatic heterocycles. The van der Waals surface area contributed by atoms with Gasteiger partial charge in [0.05, 0.1) is 54.6 Å². The normalized spacial score (nSPS) is 47.6. The number of H-pyrrole nitrogens is 2. The summed E-state index contributed by atoms with van der Waals surface area (Å²) in [5, 5.41) is 99.1. The fraction of sp³-hybridized carbons (Fsp3) is 0.821. The van der Waals surface area contributed by atoms with Crippen molar-refractivity contribution in [3.63, 3.8) is 0 Å². The molecule has 2 aromatic rings. The van der Waals surface area contributed by atoms with E-state index < -0.39 is 105 Å². The molecular formula is C56H85N7O12. The lowest BCUT2D eigenvalue weighted by Gasteiger charge is -2.75. The van der Waals surface area contributed by atoms with E-state index >= 15 is 0 Å². The number of anilines is 1. The fourth-order valence-corrected chi connectivity index (χ4v) is 19.7. The lowest BCUT2D eigenvalue weighted by molar-refractivity contribution is -0.341. The van der Waals surface area contributed by atoms with Gasteiger partial charge in [0, 0.05) is 42.4 Å². The quantitative estimate of drug-likeness (QED) is 0.0824. The molecular weight excluding hydrogens is 963 g/mol. The molecule has 0 unspecified atom stereocenters. The molecule has 3 aliphatic heterocycles. The number of fused-ring (bicyclic) bond motifs is 11. The summed E-state index contributed by atoms with van der Waals surface area (Å²) in [7, 11) is 0. The summed E-state index contributed by atoms with van der Waals surface area (Å²) < 4.78 is 12.7. The van der Waals surface area contributed by atoms with Gasteiger partial charge in [0.2, 0.25) is 5.91 Å². The highest BCUT2D eigenvalue weighted by Gasteiger charge is 2.77. The first-order valence-electron chi connectivity index (χ1n) is 28.2. The van der Waals surface area contributed by atoms with Crippen LogP contribution < -0.4 is 16.4 Å². The number of rotatable bonds is 12. The van der Waals surface area contributed by atoms with Gasteiger partial charge in [-0.2, -0.15) is 0 Å². The van der Waals surface area contributed by atoms with Gasteiger partial charge in [0.25, 0.3) is 0 Å². The Labute approximate surface area is 439 Å². The zero-order chi connectivity index (χ0) is 53.4. The summed E-state index contributed by atoms with van der Waals surface area (Å²) in [6, 6.07) is -0.447. The number of nitrogens with two attached hydrogens (primary N) is 1. The number of allylic oxidation sites excluding steroid dienone is 2. The maximum Gasteiger partial charge on any atom is 0.310 e. The van der Waals surface area contributed by atoms with Crippen LogP contribution in [0.3, 0.4) is 0 Å². The monoisotopic (exact) mass is 1050 g/mol. The molecule has 1 spiro atoms. The summed E-state index contributed by atoms with van der Waals surface area (Å²) in [6.45, 7) is 10.8. The molecule has 0 bridgehead atoms. The Kier molecular flexibility index (Phi) is 13.4. The van der Waals surface area contributed by atoms with Gasteiger partial charge in [-0.15, -0.1) is 0 Å². The van der Waals surface area contributed by atoms with Gasteiger partial charge in [-0.05, 0) is 140 Å². The molecule has 0 radical (unpaired) electrons. The highest BCUT2D eigenvalue weighted by atomic mass is 16.7. The molecule has 416 valence electrons. The van der Waals surface area contributed by atoms with Crippen LogP contribution in [0.5, 0.6) is 0 Å². The van der Waals surface area contributed by atoms with Gasteiger partial charge < -0.3 is 76.7 Å². The van der Waals surface area contributed by atoms with E-state index in [0.29, 0.717) is 77.2 Å². The van der Waals surface area contributed by atoms with E-state index in [-0.39, 0.29) is 67.0 Å². The average Bonchev–Trinajstić information content (AvgIpc) is 4.28. The molecule has 9 aliphatic rings. The number of nitrogens with one attached hydrogen (secondary N) is 4. The van der Waals surface area contributed by atoms with Gasteiger partial charge in [0.1, 0.15) is 30.4 Å². The number of carboxylic acid groups (broad SMARTS) is 1. The number of aliphatic hydroxyl groups is 7. The second-order valence-electron chi connectivity index (χ2n) is 26.7. The summed E-state index contributed by atoms with van der Waals surface area (Å²) in [6.07, 6.45) is 5.96. The van der Waals surface area contributed by atoms with E-state index in [0.717, 1.165) is 35.6 Å². The van der Waals surface area contributed by atoms with Crippen LogP contribution in [0.4, 0.5) is 5.82 Å². The van der Waals surface area contributed by atoms with Crippen molar-refractivity contribution in [2.45, 2.75) is 180 Å². The summed E-state index contributed by atoms with van der Waals surface area (Å²) >= 11 is 0. The van der Waals surface area contributed by atoms with Crippen LogP contribution in [0.1, 0.15) is 135 Å². The second-order valence-corrected chi connectivity index (χ2v) is 26.7. The van der Waals surface area contributed by atoms with Crippen molar-refractivity contribution < 1.29 is 59.9 Å². The van der Waals surface area contributed by atoms with Crippen molar-refractivity contribution in [3.8, 4) is 0 Å². The Balaban J connectivity index is 1.09. The Hall–Kier alpha value is -3.50. The molecule has 11 rings (SSSR count). The number of nitrogens with zero attached hydrogens (tertiary/aromatic N) is 2. The third kappa shape index (κ3) is 7.54. The van der Waals surface area contributed by atoms with E-state index in [1.165, 1.54) is 0 Å². The molecule has 0 aromatic carbocycles. The van der Waals surface area contributed by atoms with Gasteiger partial charge in [-0.1, -0.05) is 59.1 Å². The molecule has 6 aliphatic carbocycles. The van der Waals surface area contributed by atoms with Crippen LogP contribution in [0, 0.1) is 79.3 Å². The molecule has 5 saturated carbocycles. The largest absolute Gasteiger partial charge is 0.481 e. The summed E-state index contributed by atoms with van der Waals surface area (Å²) in [5.41, 5.74) is 3.44. The summed E-state index contributed by atoms with van der Waals surface area (Å²) in [4.78, 5) is 45.2. The van der Waals surface area contributed by atoms with E-state index in [1.807, 2.05) is 6.92 Å². The van der Waals surface area contributed by atoms with Crippen LogP contribution in [0.25, 0.3) is 0 Å². The zero-order valence-electron chi connectivity index (χ0n) is 44.5. The van der Waals surface area contributed by atoms with Crippen molar-refractivity contribution in [2.24, 2.45) is 85.1 Å². The lowest BCUT2D eigenvalue weighted by Crippen LogP contribution is -2.74. The minimum atomic E-state index is -1.66. The first-order chi connectivity index (χ1) is 35.6. The number of carbonyl (C=O) groups excluding carboxylic acids is 1. The smallest absolute Gasteiger partial charge is 0.310 e. The third-order valence-corrected chi connectivity index (χ3v) is 23.8. The number of hydrogen-bond acceptors (Lipinski definition) is 15. The number of hydrogen-bond donors (Lipinski definition) is 13. The van der Waals surface area contributed by atoms with Crippen LogP contribution in [0.15, 0.2) is 30.5 Å². The molecule has 5 heterocycles. The third-order valence-electron chi connectivity index (χ3n) is 23.8. The number of aliphatic hydroxyl groups excluding tert-OH is 7. The minimum absolute atomic E-state index is 0.0250. The number of aromatic amines is 2. The van der Waals surface area contributed by atoms with E-state index in [9.17, 15) is 50.4 Å². The Morgan fingerprint density at radius 1 is 0.920 bits per heavy atom. The molecule has 1 amide bonds. The molecule has 75 heavy (non-hydrogen) atoms. The maximum absolute atomic E-state index is 15.0. The molecule has 7 fully saturated rings. The van der Waals surface area contributed by atoms with Crippen molar-refractivity contribution in [2.75, 3.05) is 31.7 Å². The predicted molar refractivity (Wildman–Crippen MR) is 273 cm³/mol. The van der Waals surface area contributed by atoms with Crippen LogP contribution in [0.2, 0.25) is 0 Å². The van der Waals surface area contributed by atoms with Crippen molar-refractivity contribution in [1.29, 1.82) is 0 Å².